The Morgan fingerprint density at radius 3 is 2.07 bits per heavy atom. The van der Waals surface area contributed by atoms with Gasteiger partial charge in [-0.15, -0.1) is 0 Å². The molecule has 0 aliphatic heterocycles. The topological polar surface area (TPSA) is 16.4 Å². The van der Waals surface area contributed by atoms with Crippen molar-refractivity contribution in [2.75, 3.05) is 4.90 Å². The Morgan fingerprint density at radius 2 is 1.26 bits per heavy atom. The van der Waals surface area contributed by atoms with E-state index in [-0.39, 0.29) is 0 Å². The Hall–Kier alpha value is -3.23. The Kier molecular flexibility index (Phi) is 3.84. The van der Waals surface area contributed by atoms with Crippen molar-refractivity contribution < 1.29 is 4.42 Å². The number of hydrogen-bond donors (Lipinski definition) is 0. The van der Waals surface area contributed by atoms with Crippen molar-refractivity contribution in [2.24, 2.45) is 0 Å². The van der Waals surface area contributed by atoms with Crippen LogP contribution < -0.4 is 4.90 Å². The maximum atomic E-state index is 6.13. The average Bonchev–Trinajstić information content (AvgIpc) is 3.10. The van der Waals surface area contributed by atoms with E-state index in [0.717, 1.165) is 44.0 Å². The first-order valence-electron chi connectivity index (χ1n) is 8.82. The van der Waals surface area contributed by atoms with Gasteiger partial charge in [-0.3, -0.25) is 0 Å². The van der Waals surface area contributed by atoms with Gasteiger partial charge in [0.05, 0.1) is 11.1 Å². The largest absolute Gasteiger partial charge is 0.456 e. The highest BCUT2D eigenvalue weighted by Gasteiger charge is 2.18. The number of rotatable bonds is 3. The zero-order valence-corrected chi connectivity index (χ0v) is 15.2. The molecule has 0 N–H and O–H groups in total. The maximum absolute atomic E-state index is 6.13. The van der Waals surface area contributed by atoms with Gasteiger partial charge in [0.1, 0.15) is 11.2 Å². The predicted octanol–water partition coefficient (Wildman–Crippen LogP) is 7.71. The van der Waals surface area contributed by atoms with Crippen molar-refractivity contribution in [3.05, 3.63) is 102 Å². The van der Waals surface area contributed by atoms with E-state index in [1.165, 1.54) is 0 Å². The van der Waals surface area contributed by atoms with Crippen LogP contribution in [0.15, 0.2) is 101 Å². The molecule has 0 bridgehead atoms. The third kappa shape index (κ3) is 2.75. The minimum atomic E-state index is 0.721. The summed E-state index contributed by atoms with van der Waals surface area (Å²) in [6.45, 7) is 0. The van der Waals surface area contributed by atoms with E-state index in [1.807, 2.05) is 72.8 Å². The zero-order chi connectivity index (χ0) is 18.2. The fourth-order valence-electron chi connectivity index (χ4n) is 3.54. The molecule has 3 heteroatoms. The Bertz CT molecular complexity index is 1230. The highest BCUT2D eigenvalue weighted by atomic mass is 35.5. The van der Waals surface area contributed by atoms with Gasteiger partial charge >= 0.3 is 0 Å². The molecule has 0 aliphatic carbocycles. The molecular formula is C24H16ClNO. The van der Waals surface area contributed by atoms with E-state index < -0.39 is 0 Å². The molecule has 0 saturated carbocycles. The normalized spacial score (nSPS) is 11.1. The second-order valence-electron chi connectivity index (χ2n) is 6.40. The summed E-state index contributed by atoms with van der Waals surface area (Å²) in [5.74, 6) is 0. The van der Waals surface area contributed by atoms with Gasteiger partial charge in [-0.1, -0.05) is 54.1 Å². The van der Waals surface area contributed by atoms with Gasteiger partial charge in [0, 0.05) is 21.8 Å². The van der Waals surface area contributed by atoms with Crippen LogP contribution in [-0.2, 0) is 0 Å². The lowest BCUT2D eigenvalue weighted by Crippen LogP contribution is -2.10. The van der Waals surface area contributed by atoms with Gasteiger partial charge in [0.25, 0.3) is 0 Å². The lowest BCUT2D eigenvalue weighted by molar-refractivity contribution is 0.669. The summed E-state index contributed by atoms with van der Waals surface area (Å²) in [4.78, 5) is 2.24. The molecule has 0 fully saturated rings. The van der Waals surface area contributed by atoms with Gasteiger partial charge in [0.15, 0.2) is 0 Å². The van der Waals surface area contributed by atoms with Gasteiger partial charge in [0.2, 0.25) is 0 Å². The first kappa shape index (κ1) is 16.0. The lowest BCUT2D eigenvalue weighted by atomic mass is 10.1. The Morgan fingerprint density at radius 1 is 0.593 bits per heavy atom. The first-order chi connectivity index (χ1) is 13.3. The van der Waals surface area contributed by atoms with Crippen LogP contribution in [0, 0.1) is 0 Å². The molecule has 0 saturated heterocycles. The van der Waals surface area contributed by atoms with Gasteiger partial charge < -0.3 is 9.32 Å². The van der Waals surface area contributed by atoms with Crippen LogP contribution >= 0.6 is 11.6 Å². The third-order valence-electron chi connectivity index (χ3n) is 4.72. The lowest BCUT2D eigenvalue weighted by Gasteiger charge is -2.26. The van der Waals surface area contributed by atoms with Crippen LogP contribution in [-0.4, -0.2) is 0 Å². The van der Waals surface area contributed by atoms with Crippen LogP contribution in [0.5, 0.6) is 0 Å². The summed E-state index contributed by atoms with van der Waals surface area (Å²) in [6, 6.07) is 32.6. The minimum Gasteiger partial charge on any atom is -0.456 e. The molecule has 0 aliphatic rings. The molecule has 5 aromatic rings. The van der Waals surface area contributed by atoms with E-state index in [1.54, 1.807) is 0 Å². The molecule has 27 heavy (non-hydrogen) atoms. The Labute approximate surface area is 162 Å². The van der Waals surface area contributed by atoms with Crippen molar-refractivity contribution in [3.63, 3.8) is 0 Å². The average molecular weight is 370 g/mol. The van der Waals surface area contributed by atoms with E-state index in [2.05, 4.69) is 29.2 Å². The number of halogens is 1. The number of para-hydroxylation sites is 2. The van der Waals surface area contributed by atoms with Crippen molar-refractivity contribution in [3.8, 4) is 0 Å². The van der Waals surface area contributed by atoms with Crippen LogP contribution in [0.3, 0.4) is 0 Å². The smallest absolute Gasteiger partial charge is 0.137 e. The fraction of sp³-hybridized carbons (Fsp3) is 0. The summed E-state index contributed by atoms with van der Waals surface area (Å²) in [6.07, 6.45) is 0. The molecule has 5 rings (SSSR count). The maximum Gasteiger partial charge on any atom is 0.137 e. The molecule has 4 aromatic carbocycles. The van der Waals surface area contributed by atoms with E-state index in [0.29, 0.717) is 0 Å². The number of hydrogen-bond acceptors (Lipinski definition) is 2. The van der Waals surface area contributed by atoms with E-state index >= 15 is 0 Å². The van der Waals surface area contributed by atoms with Crippen LogP contribution in [0.4, 0.5) is 17.1 Å². The number of nitrogens with zero attached hydrogens (tertiary/aromatic N) is 1. The highest BCUT2D eigenvalue weighted by Crippen LogP contribution is 2.42. The zero-order valence-electron chi connectivity index (χ0n) is 14.5. The molecule has 0 spiro atoms. The second-order valence-corrected chi connectivity index (χ2v) is 6.83. The first-order valence-corrected chi connectivity index (χ1v) is 9.20. The van der Waals surface area contributed by atoms with Gasteiger partial charge in [-0.05, 0) is 54.6 Å². The molecule has 0 amide bonds. The van der Waals surface area contributed by atoms with Crippen LogP contribution in [0.25, 0.3) is 21.9 Å². The van der Waals surface area contributed by atoms with Crippen LogP contribution in [0.1, 0.15) is 0 Å². The van der Waals surface area contributed by atoms with E-state index in [9.17, 15) is 0 Å². The van der Waals surface area contributed by atoms with Gasteiger partial charge in [-0.25, -0.2) is 0 Å². The predicted molar refractivity (Wildman–Crippen MR) is 113 cm³/mol. The van der Waals surface area contributed by atoms with Crippen molar-refractivity contribution >= 4 is 50.6 Å². The number of furan rings is 1. The summed E-state index contributed by atoms with van der Waals surface area (Å²) in [5.41, 5.74) is 4.97. The monoisotopic (exact) mass is 369 g/mol. The summed E-state index contributed by atoms with van der Waals surface area (Å²) in [7, 11) is 0. The van der Waals surface area contributed by atoms with Crippen molar-refractivity contribution in [1.82, 2.24) is 0 Å². The second kappa shape index (κ2) is 6.49. The number of fused-ring (bicyclic) bond motifs is 3. The molecule has 130 valence electrons. The SMILES string of the molecule is Clc1ccc(N(c2ccccc2)c2cccc3oc4ccccc4c23)cc1. The quantitative estimate of drug-likeness (QED) is 0.324. The summed E-state index contributed by atoms with van der Waals surface area (Å²) in [5, 5.41) is 2.93. The number of anilines is 3. The van der Waals surface area contributed by atoms with Crippen LogP contribution in [0.2, 0.25) is 5.02 Å². The number of benzene rings is 4. The van der Waals surface area contributed by atoms with Crippen molar-refractivity contribution in [2.45, 2.75) is 0 Å². The van der Waals surface area contributed by atoms with Gasteiger partial charge in [-0.2, -0.15) is 0 Å². The standard InChI is InChI=1S/C24H16ClNO/c25-17-13-15-19(16-14-17)26(18-7-2-1-3-8-18)21-10-6-12-23-24(21)20-9-4-5-11-22(20)27-23/h1-16H. The molecular weight excluding hydrogens is 354 g/mol. The third-order valence-corrected chi connectivity index (χ3v) is 4.97. The summed E-state index contributed by atoms with van der Waals surface area (Å²) >= 11 is 6.13. The fourth-order valence-corrected chi connectivity index (χ4v) is 3.66. The molecule has 0 unspecified atom stereocenters. The Balaban J connectivity index is 1.83. The molecule has 2 nitrogen and oxygen atoms in total. The molecule has 0 atom stereocenters. The molecule has 1 aromatic heterocycles. The van der Waals surface area contributed by atoms with E-state index in [4.69, 9.17) is 16.0 Å². The van der Waals surface area contributed by atoms with Crippen molar-refractivity contribution in [1.29, 1.82) is 0 Å². The highest BCUT2D eigenvalue weighted by molar-refractivity contribution is 6.30. The minimum absolute atomic E-state index is 0.721. The molecule has 0 radical (unpaired) electrons. The summed E-state index contributed by atoms with van der Waals surface area (Å²) < 4.78 is 6.09. The molecule has 1 heterocycles.